The lowest BCUT2D eigenvalue weighted by molar-refractivity contribution is 0.0792. The van der Waals surface area contributed by atoms with Gasteiger partial charge in [-0.2, -0.15) is 5.10 Å². The molecule has 1 saturated heterocycles. The van der Waals surface area contributed by atoms with Crippen molar-refractivity contribution in [3.8, 4) is 0 Å². The van der Waals surface area contributed by atoms with Gasteiger partial charge in [0.05, 0.1) is 12.3 Å². The molecule has 1 aliphatic heterocycles. The van der Waals surface area contributed by atoms with E-state index in [4.69, 9.17) is 0 Å². The molecule has 4 heteroatoms. The Hall–Kier alpha value is -0.870. The molecule has 0 aliphatic carbocycles. The van der Waals surface area contributed by atoms with Crippen molar-refractivity contribution in [1.82, 2.24) is 14.7 Å². The van der Waals surface area contributed by atoms with Gasteiger partial charge in [-0.1, -0.05) is 0 Å². The smallest absolute Gasteiger partial charge is 0.0564 e. The fourth-order valence-electron chi connectivity index (χ4n) is 2.08. The maximum Gasteiger partial charge on any atom is 0.0564 e. The Kier molecular flexibility index (Phi) is 3.61. The van der Waals surface area contributed by atoms with E-state index in [1.54, 1.807) is 0 Å². The molecule has 1 aromatic heterocycles. The summed E-state index contributed by atoms with van der Waals surface area (Å²) in [6.07, 6.45) is 5.78. The second-order valence-electron chi connectivity index (χ2n) is 4.93. The summed E-state index contributed by atoms with van der Waals surface area (Å²) in [7, 11) is 0. The highest BCUT2D eigenvalue weighted by molar-refractivity contribution is 5.04. The van der Waals surface area contributed by atoms with Crippen molar-refractivity contribution >= 4 is 0 Å². The van der Waals surface area contributed by atoms with Crippen LogP contribution < -0.4 is 0 Å². The first-order valence-electron chi connectivity index (χ1n) is 6.08. The van der Waals surface area contributed by atoms with E-state index in [9.17, 15) is 5.11 Å². The van der Waals surface area contributed by atoms with Crippen LogP contribution in [0.25, 0.3) is 0 Å². The number of nitrogens with zero attached hydrogens (tertiary/aromatic N) is 3. The fraction of sp³-hybridized carbons (Fsp3) is 0.750. The Bertz CT molecular complexity index is 327. The van der Waals surface area contributed by atoms with Crippen molar-refractivity contribution in [2.45, 2.75) is 45.4 Å². The molecule has 0 radical (unpaired) electrons. The molecular weight excluding hydrogens is 202 g/mol. The number of rotatable bonds is 3. The molecule has 1 N–H and O–H groups in total. The van der Waals surface area contributed by atoms with E-state index in [1.165, 1.54) is 5.56 Å². The highest BCUT2D eigenvalue weighted by Crippen LogP contribution is 2.14. The Morgan fingerprint density at radius 3 is 2.69 bits per heavy atom. The van der Waals surface area contributed by atoms with Crippen molar-refractivity contribution in [3.63, 3.8) is 0 Å². The van der Waals surface area contributed by atoms with Gasteiger partial charge in [0.2, 0.25) is 0 Å². The third-order valence-corrected chi connectivity index (χ3v) is 3.15. The van der Waals surface area contributed by atoms with Gasteiger partial charge in [0.15, 0.2) is 0 Å². The van der Waals surface area contributed by atoms with Crippen LogP contribution in [0.3, 0.4) is 0 Å². The monoisotopic (exact) mass is 223 g/mol. The van der Waals surface area contributed by atoms with E-state index in [0.29, 0.717) is 6.04 Å². The largest absolute Gasteiger partial charge is 0.393 e. The highest BCUT2D eigenvalue weighted by atomic mass is 16.3. The predicted molar refractivity (Wildman–Crippen MR) is 63.1 cm³/mol. The second kappa shape index (κ2) is 4.97. The first-order chi connectivity index (χ1) is 7.65. The van der Waals surface area contributed by atoms with Crippen LogP contribution >= 0.6 is 0 Å². The van der Waals surface area contributed by atoms with Crippen LogP contribution in [0.4, 0.5) is 0 Å². The van der Waals surface area contributed by atoms with Crippen molar-refractivity contribution in [1.29, 1.82) is 0 Å². The highest BCUT2D eigenvalue weighted by Gasteiger charge is 2.17. The van der Waals surface area contributed by atoms with E-state index in [2.05, 4.69) is 30.0 Å². The predicted octanol–water partition coefficient (Wildman–Crippen LogP) is 1.42. The average molecular weight is 223 g/mol. The molecule has 4 nitrogen and oxygen atoms in total. The topological polar surface area (TPSA) is 41.3 Å². The Balaban J connectivity index is 1.88. The number of likely N-dealkylation sites (tertiary alicyclic amines) is 1. The van der Waals surface area contributed by atoms with E-state index >= 15 is 0 Å². The first kappa shape index (κ1) is 11.6. The summed E-state index contributed by atoms with van der Waals surface area (Å²) in [6.45, 7) is 7.21. The minimum absolute atomic E-state index is 0.0883. The van der Waals surface area contributed by atoms with Crippen LogP contribution in [0.1, 0.15) is 38.3 Å². The average Bonchev–Trinajstić information content (AvgIpc) is 2.70. The zero-order valence-corrected chi connectivity index (χ0v) is 10.1. The molecule has 0 spiro atoms. The van der Waals surface area contributed by atoms with Crippen LogP contribution in [0.15, 0.2) is 12.4 Å². The molecule has 1 aliphatic rings. The van der Waals surface area contributed by atoms with Crippen molar-refractivity contribution in [2.75, 3.05) is 13.1 Å². The van der Waals surface area contributed by atoms with Gasteiger partial charge in [0, 0.05) is 37.4 Å². The summed E-state index contributed by atoms with van der Waals surface area (Å²) in [4.78, 5) is 2.38. The molecular formula is C12H21N3O. The Morgan fingerprint density at radius 1 is 1.44 bits per heavy atom. The third kappa shape index (κ3) is 2.83. The van der Waals surface area contributed by atoms with Crippen LogP contribution in [0.5, 0.6) is 0 Å². The molecule has 1 aromatic rings. The van der Waals surface area contributed by atoms with E-state index in [0.717, 1.165) is 32.5 Å². The lowest BCUT2D eigenvalue weighted by Gasteiger charge is -2.28. The fourth-order valence-corrected chi connectivity index (χ4v) is 2.08. The lowest BCUT2D eigenvalue weighted by Crippen LogP contribution is -2.35. The van der Waals surface area contributed by atoms with Gasteiger partial charge in [-0.15, -0.1) is 0 Å². The van der Waals surface area contributed by atoms with Gasteiger partial charge in [0.1, 0.15) is 0 Å². The summed E-state index contributed by atoms with van der Waals surface area (Å²) in [5.74, 6) is 0. The van der Waals surface area contributed by atoms with E-state index in [-0.39, 0.29) is 6.10 Å². The summed E-state index contributed by atoms with van der Waals surface area (Å²) < 4.78 is 1.99. The normalized spacial score (nSPS) is 19.5. The van der Waals surface area contributed by atoms with Crippen molar-refractivity contribution < 1.29 is 5.11 Å². The SMILES string of the molecule is CC(C)n1cc(CN2CCC(O)CC2)cn1. The van der Waals surface area contributed by atoms with Gasteiger partial charge in [0.25, 0.3) is 0 Å². The maximum atomic E-state index is 9.43. The zero-order chi connectivity index (χ0) is 11.5. The molecule has 1 fully saturated rings. The molecule has 16 heavy (non-hydrogen) atoms. The minimum atomic E-state index is -0.0883. The number of piperidine rings is 1. The standard InChI is InChI=1S/C12H21N3O/c1-10(2)15-9-11(7-13-15)8-14-5-3-12(16)4-6-14/h7,9-10,12,16H,3-6,8H2,1-2H3. The molecule has 0 bridgehead atoms. The molecule has 90 valence electrons. The second-order valence-corrected chi connectivity index (χ2v) is 4.93. The van der Waals surface area contributed by atoms with Crippen molar-refractivity contribution in [2.24, 2.45) is 0 Å². The van der Waals surface area contributed by atoms with Crippen LogP contribution in [0.2, 0.25) is 0 Å². The Labute approximate surface area is 96.9 Å². The first-order valence-corrected chi connectivity index (χ1v) is 6.08. The van der Waals surface area contributed by atoms with Crippen LogP contribution in [0, 0.1) is 0 Å². The van der Waals surface area contributed by atoms with Gasteiger partial charge in [-0.3, -0.25) is 9.58 Å². The number of aromatic nitrogens is 2. The summed E-state index contributed by atoms with van der Waals surface area (Å²) in [5.41, 5.74) is 1.27. The number of hydrogen-bond acceptors (Lipinski definition) is 3. The Morgan fingerprint density at radius 2 is 2.12 bits per heavy atom. The number of aliphatic hydroxyl groups excluding tert-OH is 1. The van der Waals surface area contributed by atoms with Crippen LogP contribution in [-0.4, -0.2) is 39.0 Å². The van der Waals surface area contributed by atoms with Crippen LogP contribution in [-0.2, 0) is 6.54 Å². The van der Waals surface area contributed by atoms with Gasteiger partial charge in [-0.25, -0.2) is 0 Å². The molecule has 2 heterocycles. The molecule has 0 saturated carbocycles. The van der Waals surface area contributed by atoms with Gasteiger partial charge >= 0.3 is 0 Å². The zero-order valence-electron chi connectivity index (χ0n) is 10.1. The van der Waals surface area contributed by atoms with E-state index in [1.807, 2.05) is 10.9 Å². The van der Waals surface area contributed by atoms with E-state index < -0.39 is 0 Å². The third-order valence-electron chi connectivity index (χ3n) is 3.15. The molecule has 0 amide bonds. The summed E-state index contributed by atoms with van der Waals surface area (Å²) in [5, 5.41) is 13.8. The quantitative estimate of drug-likeness (QED) is 0.842. The molecule has 0 aromatic carbocycles. The maximum absolute atomic E-state index is 9.43. The van der Waals surface area contributed by atoms with Crippen molar-refractivity contribution in [3.05, 3.63) is 18.0 Å². The van der Waals surface area contributed by atoms with Gasteiger partial charge < -0.3 is 5.11 Å². The minimum Gasteiger partial charge on any atom is -0.393 e. The number of hydrogen-bond donors (Lipinski definition) is 1. The summed E-state index contributed by atoms with van der Waals surface area (Å²) >= 11 is 0. The van der Waals surface area contributed by atoms with Gasteiger partial charge in [-0.05, 0) is 26.7 Å². The number of aliphatic hydroxyl groups is 1. The lowest BCUT2D eigenvalue weighted by atomic mass is 10.1. The summed E-state index contributed by atoms with van der Waals surface area (Å²) in [6, 6.07) is 0.428. The molecule has 0 atom stereocenters. The molecule has 2 rings (SSSR count). The molecule has 0 unspecified atom stereocenters.